The van der Waals surface area contributed by atoms with E-state index in [4.69, 9.17) is 0 Å². The highest BCUT2D eigenvalue weighted by molar-refractivity contribution is 5.76. The molecule has 1 aromatic heterocycles. The quantitative estimate of drug-likeness (QED) is 0.723. The molecule has 1 fully saturated rings. The van der Waals surface area contributed by atoms with Crippen LogP contribution in [0.4, 0.5) is 14.6 Å². The van der Waals surface area contributed by atoms with E-state index in [1.54, 1.807) is 24.0 Å². The topological polar surface area (TPSA) is 33.2 Å². The second kappa shape index (κ2) is 3.81. The second-order valence-corrected chi connectivity index (χ2v) is 3.99. The molecule has 86 valence electrons. The summed E-state index contributed by atoms with van der Waals surface area (Å²) in [7, 11) is 0. The maximum absolute atomic E-state index is 13.0. The summed E-state index contributed by atoms with van der Waals surface area (Å²) in [5.41, 5.74) is 1.07. The number of aryl methyl sites for hydroxylation is 1. The molecule has 0 N–H and O–H groups in total. The molecule has 0 aliphatic carbocycles. The van der Waals surface area contributed by atoms with Gasteiger partial charge < -0.3 is 4.90 Å². The number of nitrogens with zero attached hydrogens (tertiary/aromatic N) is 2. The molecular weight excluding hydrogens is 214 g/mol. The molecule has 0 saturated carbocycles. The first kappa shape index (κ1) is 11.0. The smallest absolute Gasteiger partial charge is 0.266 e. The van der Waals surface area contributed by atoms with Crippen LogP contribution in [0, 0.1) is 6.92 Å². The number of aromatic nitrogens is 1. The van der Waals surface area contributed by atoms with Gasteiger partial charge in [-0.1, -0.05) is 0 Å². The molecule has 2 rings (SSSR count). The minimum Gasteiger partial charge on any atom is -0.350 e. The standard InChI is InChI=1S/C11H12F2N2O/c1-8-9(6-16)2-3-10(14-8)15-5-4-11(12,13)7-15/h2-3,6H,4-5,7H2,1H3. The van der Waals surface area contributed by atoms with Crippen molar-refractivity contribution < 1.29 is 13.6 Å². The van der Waals surface area contributed by atoms with E-state index in [9.17, 15) is 13.6 Å². The normalized spacial score (nSPS) is 18.8. The zero-order chi connectivity index (χ0) is 11.8. The lowest BCUT2D eigenvalue weighted by molar-refractivity contribution is 0.0256. The fourth-order valence-electron chi connectivity index (χ4n) is 1.79. The maximum Gasteiger partial charge on any atom is 0.266 e. The van der Waals surface area contributed by atoms with Crippen LogP contribution in [0.25, 0.3) is 0 Å². The van der Waals surface area contributed by atoms with Crippen molar-refractivity contribution in [2.45, 2.75) is 19.3 Å². The Morgan fingerprint density at radius 1 is 1.50 bits per heavy atom. The highest BCUT2D eigenvalue weighted by Crippen LogP contribution is 2.30. The average molecular weight is 226 g/mol. The molecule has 0 amide bonds. The Morgan fingerprint density at radius 2 is 2.25 bits per heavy atom. The summed E-state index contributed by atoms with van der Waals surface area (Å²) in [6, 6.07) is 3.22. The van der Waals surface area contributed by atoms with Gasteiger partial charge in [-0.2, -0.15) is 0 Å². The summed E-state index contributed by atoms with van der Waals surface area (Å²) in [6.07, 6.45) is 0.577. The molecule has 0 spiro atoms. The summed E-state index contributed by atoms with van der Waals surface area (Å²) in [5.74, 6) is -2.11. The van der Waals surface area contributed by atoms with Crippen molar-refractivity contribution in [1.82, 2.24) is 4.98 Å². The number of rotatable bonds is 2. The fourth-order valence-corrected chi connectivity index (χ4v) is 1.79. The SMILES string of the molecule is Cc1nc(N2CCC(F)(F)C2)ccc1C=O. The first-order valence-electron chi connectivity index (χ1n) is 5.07. The lowest BCUT2D eigenvalue weighted by Gasteiger charge is -2.17. The van der Waals surface area contributed by atoms with Gasteiger partial charge in [-0.05, 0) is 19.1 Å². The lowest BCUT2D eigenvalue weighted by atomic mass is 10.2. The van der Waals surface area contributed by atoms with Crippen LogP contribution < -0.4 is 4.90 Å². The molecule has 0 aromatic carbocycles. The van der Waals surface area contributed by atoms with Gasteiger partial charge in [-0.3, -0.25) is 4.79 Å². The maximum atomic E-state index is 13.0. The van der Waals surface area contributed by atoms with Gasteiger partial charge in [0.05, 0.1) is 12.2 Å². The highest BCUT2D eigenvalue weighted by atomic mass is 19.3. The van der Waals surface area contributed by atoms with Crippen molar-refractivity contribution in [3.05, 3.63) is 23.4 Å². The van der Waals surface area contributed by atoms with Crippen molar-refractivity contribution in [2.24, 2.45) is 0 Å². The third-order valence-corrected chi connectivity index (χ3v) is 2.73. The van der Waals surface area contributed by atoms with Gasteiger partial charge in [-0.25, -0.2) is 13.8 Å². The van der Waals surface area contributed by atoms with Crippen molar-refractivity contribution in [3.63, 3.8) is 0 Å². The summed E-state index contributed by atoms with van der Waals surface area (Å²) in [5, 5.41) is 0. The van der Waals surface area contributed by atoms with Crippen LogP contribution in [-0.2, 0) is 0 Å². The molecule has 0 atom stereocenters. The van der Waals surface area contributed by atoms with Crippen LogP contribution in [0.2, 0.25) is 0 Å². The van der Waals surface area contributed by atoms with E-state index in [0.717, 1.165) is 0 Å². The third kappa shape index (κ3) is 2.03. The fraction of sp³-hybridized carbons (Fsp3) is 0.455. The Kier molecular flexibility index (Phi) is 2.61. The summed E-state index contributed by atoms with van der Waals surface area (Å²) in [4.78, 5) is 16.3. The van der Waals surface area contributed by atoms with E-state index < -0.39 is 5.92 Å². The molecular formula is C11H12F2N2O. The van der Waals surface area contributed by atoms with Crippen LogP contribution in [0.5, 0.6) is 0 Å². The predicted octanol–water partition coefficient (Wildman–Crippen LogP) is 2.05. The molecule has 1 saturated heterocycles. The number of aldehydes is 1. The number of halogens is 2. The first-order valence-corrected chi connectivity index (χ1v) is 5.07. The minimum atomic E-state index is -2.63. The predicted molar refractivity (Wildman–Crippen MR) is 56.1 cm³/mol. The number of carbonyl (C=O) groups is 1. The van der Waals surface area contributed by atoms with Crippen LogP contribution >= 0.6 is 0 Å². The van der Waals surface area contributed by atoms with Crippen LogP contribution in [0.1, 0.15) is 22.5 Å². The molecule has 2 heterocycles. The zero-order valence-electron chi connectivity index (χ0n) is 8.91. The molecule has 1 aliphatic heterocycles. The molecule has 1 aliphatic rings. The zero-order valence-corrected chi connectivity index (χ0v) is 8.91. The summed E-state index contributed by atoms with van der Waals surface area (Å²) in [6.45, 7) is 1.71. The lowest BCUT2D eigenvalue weighted by Crippen LogP contribution is -2.25. The van der Waals surface area contributed by atoms with E-state index in [0.29, 0.717) is 29.9 Å². The van der Waals surface area contributed by atoms with Gasteiger partial charge in [0, 0.05) is 18.5 Å². The van der Waals surface area contributed by atoms with Crippen LogP contribution in [-0.4, -0.2) is 30.3 Å². The van der Waals surface area contributed by atoms with Gasteiger partial charge >= 0.3 is 0 Å². The van der Waals surface area contributed by atoms with Gasteiger partial charge in [0.15, 0.2) is 6.29 Å². The van der Waals surface area contributed by atoms with Crippen molar-refractivity contribution in [3.8, 4) is 0 Å². The van der Waals surface area contributed by atoms with Crippen LogP contribution in [0.3, 0.4) is 0 Å². The van der Waals surface area contributed by atoms with Gasteiger partial charge in [0.1, 0.15) is 5.82 Å². The number of anilines is 1. The molecule has 5 heteroatoms. The Labute approximate surface area is 92.1 Å². The van der Waals surface area contributed by atoms with E-state index in [2.05, 4.69) is 4.98 Å². The second-order valence-electron chi connectivity index (χ2n) is 3.99. The number of carbonyl (C=O) groups excluding carboxylic acids is 1. The molecule has 0 radical (unpaired) electrons. The Morgan fingerprint density at radius 3 is 2.75 bits per heavy atom. The summed E-state index contributed by atoms with van der Waals surface area (Å²) >= 11 is 0. The molecule has 0 unspecified atom stereocenters. The van der Waals surface area contributed by atoms with E-state index in [1.165, 1.54) is 0 Å². The van der Waals surface area contributed by atoms with Crippen LogP contribution in [0.15, 0.2) is 12.1 Å². The van der Waals surface area contributed by atoms with Crippen molar-refractivity contribution in [2.75, 3.05) is 18.0 Å². The number of alkyl halides is 2. The van der Waals surface area contributed by atoms with Gasteiger partial charge in [-0.15, -0.1) is 0 Å². The number of hydrogen-bond donors (Lipinski definition) is 0. The Bertz CT molecular complexity index is 420. The minimum absolute atomic E-state index is 0.136. The number of hydrogen-bond acceptors (Lipinski definition) is 3. The third-order valence-electron chi connectivity index (χ3n) is 2.73. The van der Waals surface area contributed by atoms with Gasteiger partial charge in [0.2, 0.25) is 0 Å². The Balaban J connectivity index is 2.23. The largest absolute Gasteiger partial charge is 0.350 e. The van der Waals surface area contributed by atoms with Gasteiger partial charge in [0.25, 0.3) is 5.92 Å². The Hall–Kier alpha value is -1.52. The van der Waals surface area contributed by atoms with E-state index in [-0.39, 0.29) is 13.0 Å². The van der Waals surface area contributed by atoms with E-state index in [1.807, 2.05) is 0 Å². The van der Waals surface area contributed by atoms with Crippen molar-refractivity contribution >= 4 is 12.1 Å². The van der Waals surface area contributed by atoms with E-state index >= 15 is 0 Å². The van der Waals surface area contributed by atoms with Crippen molar-refractivity contribution in [1.29, 1.82) is 0 Å². The summed E-state index contributed by atoms with van der Waals surface area (Å²) < 4.78 is 26.0. The molecule has 1 aromatic rings. The number of pyridine rings is 1. The molecule has 3 nitrogen and oxygen atoms in total. The molecule has 0 bridgehead atoms. The first-order chi connectivity index (χ1) is 7.52. The average Bonchev–Trinajstić information content (AvgIpc) is 2.59. The monoisotopic (exact) mass is 226 g/mol. The highest BCUT2D eigenvalue weighted by Gasteiger charge is 2.38. The molecule has 16 heavy (non-hydrogen) atoms.